The molecule has 0 spiro atoms. The highest BCUT2D eigenvalue weighted by Gasteiger charge is 2.31. The summed E-state index contributed by atoms with van der Waals surface area (Å²) >= 11 is 0. The van der Waals surface area contributed by atoms with Gasteiger partial charge in [-0.05, 0) is 55.3 Å². The number of alkyl halides is 3. The standard InChI is InChI=1S/C20H22F3N3O6S2/c21-20(22,23)32-16-6-8-17(9-7-16)33(28,29)24-11-10-19(27)25-15-4-3-5-18(14-15)34(30,31)26-12-1-2-13-26/h3-9,14,24H,1-2,10-13H2,(H,25,27). The van der Waals surface area contributed by atoms with E-state index in [1.165, 1.54) is 28.6 Å². The van der Waals surface area contributed by atoms with E-state index in [-0.39, 0.29) is 28.4 Å². The Bertz CT molecular complexity index is 1230. The van der Waals surface area contributed by atoms with Crippen LogP contribution in [0.2, 0.25) is 0 Å². The smallest absolute Gasteiger partial charge is 0.406 e. The maximum Gasteiger partial charge on any atom is 0.573 e. The lowest BCUT2D eigenvalue weighted by atomic mass is 10.3. The summed E-state index contributed by atoms with van der Waals surface area (Å²) in [5.74, 6) is -1.13. The SMILES string of the molecule is O=C(CCNS(=O)(=O)c1ccc(OC(F)(F)F)cc1)Nc1cccc(S(=O)(=O)N2CCCC2)c1. The van der Waals surface area contributed by atoms with Crippen LogP contribution in [0.15, 0.2) is 58.3 Å². The number of rotatable bonds is 9. The predicted molar refractivity (Wildman–Crippen MR) is 116 cm³/mol. The van der Waals surface area contributed by atoms with Crippen LogP contribution in [-0.4, -0.2) is 53.0 Å². The average Bonchev–Trinajstić information content (AvgIpc) is 3.29. The van der Waals surface area contributed by atoms with Gasteiger partial charge in [-0.2, -0.15) is 4.31 Å². The van der Waals surface area contributed by atoms with Crippen LogP contribution in [-0.2, 0) is 24.8 Å². The number of nitrogens with zero attached hydrogens (tertiary/aromatic N) is 1. The van der Waals surface area contributed by atoms with Crippen molar-refractivity contribution in [3.8, 4) is 5.75 Å². The first-order chi connectivity index (χ1) is 15.9. The van der Waals surface area contributed by atoms with Gasteiger partial charge in [0.05, 0.1) is 9.79 Å². The summed E-state index contributed by atoms with van der Waals surface area (Å²) in [5, 5.41) is 2.52. The largest absolute Gasteiger partial charge is 0.573 e. The third-order valence-electron chi connectivity index (χ3n) is 4.83. The van der Waals surface area contributed by atoms with Gasteiger partial charge in [0.1, 0.15) is 5.75 Å². The second-order valence-electron chi connectivity index (χ2n) is 7.35. The molecule has 0 radical (unpaired) electrons. The number of amides is 1. The summed E-state index contributed by atoms with van der Waals surface area (Å²) in [6.07, 6.45) is -3.59. The Kier molecular flexibility index (Phi) is 7.85. The predicted octanol–water partition coefficient (Wildman–Crippen LogP) is 2.68. The zero-order chi connectivity index (χ0) is 25.0. The van der Waals surface area contributed by atoms with Crippen molar-refractivity contribution in [3.05, 3.63) is 48.5 Å². The Labute approximate surface area is 195 Å². The van der Waals surface area contributed by atoms with Crippen LogP contribution in [0.4, 0.5) is 18.9 Å². The molecule has 1 fully saturated rings. The maximum atomic E-state index is 12.7. The Morgan fingerprint density at radius 2 is 1.62 bits per heavy atom. The van der Waals surface area contributed by atoms with Crippen molar-refractivity contribution >= 4 is 31.6 Å². The topological polar surface area (TPSA) is 122 Å². The Balaban J connectivity index is 1.54. The lowest BCUT2D eigenvalue weighted by molar-refractivity contribution is -0.274. The normalized spacial score (nSPS) is 15.3. The molecule has 14 heteroatoms. The van der Waals surface area contributed by atoms with Crippen molar-refractivity contribution in [2.45, 2.75) is 35.4 Å². The van der Waals surface area contributed by atoms with Crippen molar-refractivity contribution in [3.63, 3.8) is 0 Å². The third kappa shape index (κ3) is 6.91. The van der Waals surface area contributed by atoms with E-state index in [2.05, 4.69) is 14.8 Å². The fraction of sp³-hybridized carbons (Fsp3) is 0.350. The van der Waals surface area contributed by atoms with E-state index < -0.39 is 38.1 Å². The fourth-order valence-electron chi connectivity index (χ4n) is 3.24. The molecule has 186 valence electrons. The van der Waals surface area contributed by atoms with Gasteiger partial charge in [-0.15, -0.1) is 13.2 Å². The molecule has 1 saturated heterocycles. The molecule has 1 amide bonds. The van der Waals surface area contributed by atoms with E-state index in [4.69, 9.17) is 0 Å². The van der Waals surface area contributed by atoms with E-state index >= 15 is 0 Å². The molecule has 0 unspecified atom stereocenters. The van der Waals surface area contributed by atoms with E-state index in [9.17, 15) is 34.8 Å². The summed E-state index contributed by atoms with van der Waals surface area (Å²) in [4.78, 5) is 11.9. The molecule has 2 N–H and O–H groups in total. The molecule has 3 rings (SSSR count). The Morgan fingerprint density at radius 1 is 0.971 bits per heavy atom. The Morgan fingerprint density at radius 3 is 2.24 bits per heavy atom. The molecule has 0 aliphatic carbocycles. The second kappa shape index (κ2) is 10.3. The first-order valence-electron chi connectivity index (χ1n) is 10.1. The van der Waals surface area contributed by atoms with E-state index in [1.807, 2.05) is 0 Å². The number of ether oxygens (including phenoxy) is 1. The molecule has 1 aliphatic rings. The van der Waals surface area contributed by atoms with Crippen molar-refractivity contribution in [2.24, 2.45) is 0 Å². The molecular formula is C20H22F3N3O6S2. The van der Waals surface area contributed by atoms with Gasteiger partial charge >= 0.3 is 6.36 Å². The zero-order valence-corrected chi connectivity index (χ0v) is 19.3. The number of halogens is 3. The summed E-state index contributed by atoms with van der Waals surface area (Å²) in [5.41, 5.74) is 0.244. The molecule has 9 nitrogen and oxygen atoms in total. The van der Waals surface area contributed by atoms with Gasteiger partial charge in [-0.25, -0.2) is 21.6 Å². The summed E-state index contributed by atoms with van der Waals surface area (Å²) in [6, 6.07) is 9.37. The number of carbonyl (C=O) groups is 1. The van der Waals surface area contributed by atoms with Crippen LogP contribution in [0.25, 0.3) is 0 Å². The highest BCUT2D eigenvalue weighted by molar-refractivity contribution is 7.89. The minimum Gasteiger partial charge on any atom is -0.406 e. The minimum atomic E-state index is -4.90. The molecule has 1 aliphatic heterocycles. The van der Waals surface area contributed by atoms with Gasteiger partial charge < -0.3 is 10.1 Å². The number of hydrogen-bond acceptors (Lipinski definition) is 6. The number of nitrogens with one attached hydrogen (secondary N) is 2. The zero-order valence-electron chi connectivity index (χ0n) is 17.7. The number of hydrogen-bond donors (Lipinski definition) is 2. The summed E-state index contributed by atoms with van der Waals surface area (Å²) in [7, 11) is -7.73. The van der Waals surface area contributed by atoms with Crippen LogP contribution < -0.4 is 14.8 Å². The highest BCUT2D eigenvalue weighted by atomic mass is 32.2. The van der Waals surface area contributed by atoms with Gasteiger partial charge in [-0.1, -0.05) is 6.07 Å². The van der Waals surface area contributed by atoms with E-state index in [0.717, 1.165) is 37.1 Å². The molecule has 0 saturated carbocycles. The highest BCUT2D eigenvalue weighted by Crippen LogP contribution is 2.24. The molecule has 0 atom stereocenters. The van der Waals surface area contributed by atoms with Crippen molar-refractivity contribution in [1.82, 2.24) is 9.03 Å². The van der Waals surface area contributed by atoms with E-state index in [1.54, 1.807) is 0 Å². The maximum absolute atomic E-state index is 12.7. The molecule has 0 aromatic heterocycles. The van der Waals surface area contributed by atoms with E-state index in [0.29, 0.717) is 13.1 Å². The monoisotopic (exact) mass is 521 g/mol. The molecule has 34 heavy (non-hydrogen) atoms. The summed E-state index contributed by atoms with van der Waals surface area (Å²) < 4.78 is 93.7. The van der Waals surface area contributed by atoms with Crippen LogP contribution in [0.5, 0.6) is 5.75 Å². The lowest BCUT2D eigenvalue weighted by Gasteiger charge is -2.16. The third-order valence-corrected chi connectivity index (χ3v) is 8.20. The molecule has 0 bridgehead atoms. The first-order valence-corrected chi connectivity index (χ1v) is 13.0. The van der Waals surface area contributed by atoms with Crippen LogP contribution >= 0.6 is 0 Å². The molecular weight excluding hydrogens is 499 g/mol. The van der Waals surface area contributed by atoms with Gasteiger partial charge in [0.25, 0.3) is 0 Å². The molecule has 1 heterocycles. The second-order valence-corrected chi connectivity index (χ2v) is 11.1. The molecule has 2 aromatic carbocycles. The number of carbonyl (C=O) groups excluding carboxylic acids is 1. The van der Waals surface area contributed by atoms with Crippen molar-refractivity contribution in [2.75, 3.05) is 25.0 Å². The number of benzene rings is 2. The van der Waals surface area contributed by atoms with Crippen molar-refractivity contribution in [1.29, 1.82) is 0 Å². The first kappa shape index (κ1) is 25.9. The summed E-state index contributed by atoms with van der Waals surface area (Å²) in [6.45, 7) is 0.592. The van der Waals surface area contributed by atoms with Gasteiger partial charge in [-0.3, -0.25) is 4.79 Å². The van der Waals surface area contributed by atoms with Gasteiger partial charge in [0.2, 0.25) is 26.0 Å². The fourth-order valence-corrected chi connectivity index (χ4v) is 5.83. The molecule has 2 aromatic rings. The van der Waals surface area contributed by atoms with Gasteiger partial charge in [0, 0.05) is 31.7 Å². The lowest BCUT2D eigenvalue weighted by Crippen LogP contribution is -2.28. The Hall–Kier alpha value is -2.68. The number of anilines is 1. The average molecular weight is 522 g/mol. The quantitative estimate of drug-likeness (QED) is 0.523. The van der Waals surface area contributed by atoms with Gasteiger partial charge in [0.15, 0.2) is 0 Å². The minimum absolute atomic E-state index is 0.0471. The van der Waals surface area contributed by atoms with Crippen LogP contribution in [0.3, 0.4) is 0 Å². The number of sulfonamides is 2. The van der Waals surface area contributed by atoms with Crippen LogP contribution in [0.1, 0.15) is 19.3 Å². The van der Waals surface area contributed by atoms with Crippen LogP contribution in [0, 0.1) is 0 Å². The van der Waals surface area contributed by atoms with Crippen molar-refractivity contribution < 1.29 is 39.5 Å².